The topological polar surface area (TPSA) is 36.9 Å². The smallest absolute Gasteiger partial charge is 0.192 e. The van der Waals surface area contributed by atoms with Gasteiger partial charge in [-0.3, -0.25) is 0 Å². The molecule has 1 heterocycles. The Morgan fingerprint density at radius 2 is 1.53 bits per heavy atom. The van der Waals surface area contributed by atoms with E-state index < -0.39 is 16.6 Å². The lowest BCUT2D eigenvalue weighted by molar-refractivity contribution is -0.213. The second kappa shape index (κ2) is 17.4. The van der Waals surface area contributed by atoms with Gasteiger partial charge in [-0.2, -0.15) is 0 Å². The van der Waals surface area contributed by atoms with Crippen molar-refractivity contribution in [2.24, 2.45) is 28.6 Å². The molecule has 55 heavy (non-hydrogen) atoms. The Hall–Kier alpha value is -0.766. The van der Waals surface area contributed by atoms with Gasteiger partial charge in [0.05, 0.1) is 25.4 Å². The lowest BCUT2D eigenvalue weighted by atomic mass is 9.61. The van der Waals surface area contributed by atoms with Gasteiger partial charge in [0.25, 0.3) is 0 Å². The molecule has 0 aromatic carbocycles. The lowest BCUT2D eigenvalue weighted by Gasteiger charge is -2.45. The fraction of sp³-hybridized carbons (Fsp3) is 0.837. The van der Waals surface area contributed by atoms with Crippen LogP contribution in [0, 0.1) is 28.6 Å². The molecule has 0 N–H and O–H groups in total. The van der Waals surface area contributed by atoms with Gasteiger partial charge in [-0.25, -0.2) is 0 Å². The summed E-state index contributed by atoms with van der Waals surface area (Å²) >= 11 is 0. The van der Waals surface area contributed by atoms with Gasteiger partial charge in [0, 0.05) is 18.3 Å². The second-order valence-corrected chi connectivity index (χ2v) is 31.7. The van der Waals surface area contributed by atoms with Crippen LogP contribution in [0.25, 0.3) is 0 Å². The number of fused-ring (bicyclic) bond motifs is 1. The average molecular weight is 795 g/mol. The van der Waals surface area contributed by atoms with Crippen molar-refractivity contribution in [2.45, 2.75) is 219 Å². The van der Waals surface area contributed by atoms with Crippen molar-refractivity contribution in [3.8, 4) is 0 Å². The minimum absolute atomic E-state index is 0.0264. The van der Waals surface area contributed by atoms with E-state index in [0.29, 0.717) is 17.3 Å². The highest BCUT2D eigenvalue weighted by Crippen LogP contribution is 2.63. The van der Waals surface area contributed by atoms with Crippen LogP contribution in [0.2, 0.25) is 36.3 Å². The molecule has 0 amide bonds. The van der Waals surface area contributed by atoms with Crippen LogP contribution in [0.15, 0.2) is 47.6 Å². The van der Waals surface area contributed by atoms with Crippen molar-refractivity contribution in [1.82, 2.24) is 0 Å². The van der Waals surface area contributed by atoms with E-state index in [4.69, 9.17) is 24.9 Å². The summed E-state index contributed by atoms with van der Waals surface area (Å²) < 4.78 is 27.2. The van der Waals surface area contributed by atoms with Crippen molar-refractivity contribution in [3.63, 3.8) is 0 Å². The van der Waals surface area contributed by atoms with E-state index in [1.165, 1.54) is 88.2 Å². The molecule has 4 saturated carbocycles. The zero-order chi connectivity index (χ0) is 40.5. The number of allylic oxidation sites excluding steroid dienone is 5. The number of ether oxygens (including phenoxy) is 2. The summed E-state index contributed by atoms with van der Waals surface area (Å²) in [6, 6.07) is 0. The predicted molar refractivity (Wildman–Crippen MR) is 239 cm³/mol. The zero-order valence-electron chi connectivity index (χ0n) is 38.3. The van der Waals surface area contributed by atoms with Crippen molar-refractivity contribution < 1.29 is 18.3 Å². The van der Waals surface area contributed by atoms with Gasteiger partial charge in [-0.05, 0) is 141 Å². The molecule has 5 fully saturated rings. The van der Waals surface area contributed by atoms with Crippen LogP contribution in [0.1, 0.15) is 165 Å². The minimum Gasteiger partial charge on any atom is -0.413 e. The quantitative estimate of drug-likeness (QED) is 0.0886. The van der Waals surface area contributed by atoms with E-state index >= 15 is 0 Å². The molecule has 314 valence electrons. The minimum atomic E-state index is -1.99. The summed E-state index contributed by atoms with van der Waals surface area (Å²) in [6.45, 7) is 37.4. The Bertz CT molecular complexity index is 1400. The van der Waals surface area contributed by atoms with E-state index in [1.807, 2.05) is 0 Å². The van der Waals surface area contributed by atoms with Crippen LogP contribution in [-0.2, 0) is 18.3 Å². The highest BCUT2D eigenvalue weighted by molar-refractivity contribution is 6.74. The van der Waals surface area contributed by atoms with Crippen molar-refractivity contribution in [1.29, 1.82) is 0 Å². The first-order valence-corrected chi connectivity index (χ1v) is 28.8. The van der Waals surface area contributed by atoms with Crippen molar-refractivity contribution >= 4 is 16.6 Å². The molecule has 1 saturated heterocycles. The molecule has 0 unspecified atom stereocenters. The van der Waals surface area contributed by atoms with Crippen LogP contribution < -0.4 is 0 Å². The molecule has 6 atom stereocenters. The summed E-state index contributed by atoms with van der Waals surface area (Å²) in [4.78, 5) is 0. The fourth-order valence-electron chi connectivity index (χ4n) is 10.6. The van der Waals surface area contributed by atoms with E-state index in [9.17, 15) is 0 Å². The highest BCUT2D eigenvalue weighted by atomic mass is 28.4. The normalized spacial score (nSPS) is 32.1. The van der Waals surface area contributed by atoms with Gasteiger partial charge >= 0.3 is 0 Å². The Balaban J connectivity index is 1.26. The first-order chi connectivity index (χ1) is 25.6. The first kappa shape index (κ1) is 45.3. The van der Waals surface area contributed by atoms with Crippen molar-refractivity contribution in [3.05, 3.63) is 47.6 Å². The maximum atomic E-state index is 7.14. The summed E-state index contributed by atoms with van der Waals surface area (Å²) in [5.41, 5.74) is 4.83. The molecule has 0 bridgehead atoms. The zero-order valence-corrected chi connectivity index (χ0v) is 40.3. The molecule has 0 radical (unpaired) electrons. The maximum absolute atomic E-state index is 7.14. The maximum Gasteiger partial charge on any atom is 0.192 e. The number of hydrogen-bond donors (Lipinski definition) is 0. The van der Waals surface area contributed by atoms with Gasteiger partial charge in [0.15, 0.2) is 22.4 Å². The van der Waals surface area contributed by atoms with E-state index in [0.717, 1.165) is 44.8 Å². The fourth-order valence-corrected chi connectivity index (χ4v) is 13.3. The Morgan fingerprint density at radius 1 is 0.873 bits per heavy atom. The third-order valence-corrected chi connectivity index (χ3v) is 25.4. The molecule has 0 aromatic rings. The summed E-state index contributed by atoms with van der Waals surface area (Å²) in [6.07, 6.45) is 29.8. The standard InChI is InChI=1S/C49H86O4Si2/c1-15-16-17-19-30-49(50-33-34-51-49)48(31-32-48)29-20-18-22-37(2)42-26-27-43-39(23-21-28-47(42,43)10)24-25-40-35-41(52-54(11,12)45(4,5)6)36-44(38(40)3)53-55(13,14)46(7,8)9/h18,22,24-25,37,41-44H,3,15-17,19-21,23,26-36H2,1-2,4-14H3/b22-18+,39-24+,40-25-/t37-,41-,42-,43+,44+,47-/m1/s1. The van der Waals surface area contributed by atoms with E-state index in [-0.39, 0.29) is 33.5 Å². The van der Waals surface area contributed by atoms with Gasteiger partial charge < -0.3 is 18.3 Å². The molecular formula is C49H86O4Si2. The van der Waals surface area contributed by atoms with Crippen LogP contribution in [-0.4, -0.2) is 47.8 Å². The Labute approximate surface area is 342 Å². The molecule has 4 nitrogen and oxygen atoms in total. The van der Waals surface area contributed by atoms with Crippen molar-refractivity contribution in [2.75, 3.05) is 13.2 Å². The molecule has 5 rings (SSSR count). The third-order valence-electron chi connectivity index (χ3n) is 16.4. The molecule has 1 aliphatic heterocycles. The second-order valence-electron chi connectivity index (χ2n) is 22.2. The van der Waals surface area contributed by atoms with Crippen LogP contribution in [0.3, 0.4) is 0 Å². The molecule has 0 spiro atoms. The largest absolute Gasteiger partial charge is 0.413 e. The summed E-state index contributed by atoms with van der Waals surface area (Å²) in [5, 5.41) is 0.329. The van der Waals surface area contributed by atoms with Gasteiger partial charge in [0.2, 0.25) is 0 Å². The number of unbranched alkanes of at least 4 members (excludes halogenated alkanes) is 3. The SMILES string of the molecule is C=C1/C(=C\C=C2/CCC[C@]3(C)[C@@H]([C@H](C)/C=C/CCC4(C5(CCCCCC)OCCO5)CC4)CC[C@@H]23)C[C@@H](O[Si](C)(C)C(C)(C)C)C[C@@H]1O[Si](C)(C)C(C)(C)C. The van der Waals surface area contributed by atoms with Crippen LogP contribution in [0.4, 0.5) is 0 Å². The van der Waals surface area contributed by atoms with Crippen LogP contribution >= 0.6 is 0 Å². The first-order valence-electron chi connectivity index (χ1n) is 23.0. The molecule has 4 aliphatic carbocycles. The number of rotatable bonds is 16. The summed E-state index contributed by atoms with van der Waals surface area (Å²) in [5.74, 6) is 1.70. The highest BCUT2D eigenvalue weighted by Gasteiger charge is 2.62. The van der Waals surface area contributed by atoms with Gasteiger partial charge in [-0.15, -0.1) is 0 Å². The average Bonchev–Trinajstić information content (AvgIpc) is 3.57. The summed E-state index contributed by atoms with van der Waals surface area (Å²) in [7, 11) is -3.93. The molecule has 0 aromatic heterocycles. The lowest BCUT2D eigenvalue weighted by Crippen LogP contribution is -2.49. The Kier molecular flexibility index (Phi) is 14.4. The monoisotopic (exact) mass is 795 g/mol. The Morgan fingerprint density at radius 3 is 2.15 bits per heavy atom. The number of hydrogen-bond acceptors (Lipinski definition) is 4. The molecule has 6 heteroatoms. The predicted octanol–water partition coefficient (Wildman–Crippen LogP) is 14.7. The van der Waals surface area contributed by atoms with Gasteiger partial charge in [-0.1, -0.05) is 118 Å². The van der Waals surface area contributed by atoms with E-state index in [1.54, 1.807) is 5.57 Å². The van der Waals surface area contributed by atoms with Crippen LogP contribution in [0.5, 0.6) is 0 Å². The van der Waals surface area contributed by atoms with E-state index in [2.05, 4.69) is 113 Å². The molecular weight excluding hydrogens is 709 g/mol. The molecule has 5 aliphatic rings. The third kappa shape index (κ3) is 10.00. The van der Waals surface area contributed by atoms with Gasteiger partial charge in [0.1, 0.15) is 0 Å².